The number of halogens is 1. The molecule has 0 aliphatic carbocycles. The summed E-state index contributed by atoms with van der Waals surface area (Å²) < 4.78 is 13.5. The maximum absolute atomic E-state index is 13.5. The molecule has 3 nitrogen and oxygen atoms in total. The van der Waals surface area contributed by atoms with Crippen molar-refractivity contribution in [2.24, 2.45) is 0 Å². The number of carbonyl (C=O) groups excluding carboxylic acids is 1. The van der Waals surface area contributed by atoms with E-state index in [0.29, 0.717) is 13.1 Å². The molecule has 1 aliphatic heterocycles. The van der Waals surface area contributed by atoms with E-state index in [-0.39, 0.29) is 17.8 Å². The molecule has 0 fully saturated rings. The van der Waals surface area contributed by atoms with Gasteiger partial charge in [-0.3, -0.25) is 9.69 Å². The fourth-order valence-electron chi connectivity index (χ4n) is 3.06. The number of fused-ring (bicyclic) bond motifs is 1. The standard InChI is InChI=1S/C18H21FN2OS/c1-12-6-8-23-17(12)10-20-18(22)11-21-7-5-14-3-4-15(19)9-16(14)13(21)2/h3-4,6,8-9,13H,5,7,10-11H2,1-2H3,(H,20,22). The van der Waals surface area contributed by atoms with Gasteiger partial charge in [0.05, 0.1) is 13.1 Å². The number of carbonyl (C=O) groups is 1. The van der Waals surface area contributed by atoms with Gasteiger partial charge in [0.25, 0.3) is 0 Å². The maximum atomic E-state index is 13.5. The quantitative estimate of drug-likeness (QED) is 0.930. The van der Waals surface area contributed by atoms with Gasteiger partial charge in [0, 0.05) is 17.5 Å². The average molecular weight is 332 g/mol. The molecule has 1 aromatic carbocycles. The highest BCUT2D eigenvalue weighted by atomic mass is 32.1. The number of hydrogen-bond acceptors (Lipinski definition) is 3. The van der Waals surface area contributed by atoms with Crippen LogP contribution in [0.5, 0.6) is 0 Å². The van der Waals surface area contributed by atoms with Crippen molar-refractivity contribution in [1.29, 1.82) is 0 Å². The number of benzene rings is 1. The molecule has 1 aromatic heterocycles. The zero-order valence-electron chi connectivity index (χ0n) is 13.4. The van der Waals surface area contributed by atoms with Crippen molar-refractivity contribution in [2.45, 2.75) is 32.9 Å². The molecular weight excluding hydrogens is 311 g/mol. The Morgan fingerprint density at radius 3 is 3.00 bits per heavy atom. The molecule has 1 amide bonds. The fraction of sp³-hybridized carbons (Fsp3) is 0.389. The van der Waals surface area contributed by atoms with Crippen molar-refractivity contribution in [1.82, 2.24) is 10.2 Å². The first kappa shape index (κ1) is 16.1. The minimum absolute atomic E-state index is 0.0181. The van der Waals surface area contributed by atoms with Gasteiger partial charge in [-0.15, -0.1) is 11.3 Å². The molecular formula is C18H21FN2OS. The van der Waals surface area contributed by atoms with E-state index in [0.717, 1.165) is 18.5 Å². The van der Waals surface area contributed by atoms with E-state index in [2.05, 4.69) is 23.2 Å². The normalized spacial score (nSPS) is 17.8. The number of nitrogens with one attached hydrogen (secondary N) is 1. The minimum Gasteiger partial charge on any atom is -0.350 e. The fourth-order valence-corrected chi connectivity index (χ4v) is 3.90. The summed E-state index contributed by atoms with van der Waals surface area (Å²) >= 11 is 1.66. The van der Waals surface area contributed by atoms with Gasteiger partial charge < -0.3 is 5.32 Å². The zero-order chi connectivity index (χ0) is 16.4. The van der Waals surface area contributed by atoms with Crippen LogP contribution in [0.25, 0.3) is 0 Å². The smallest absolute Gasteiger partial charge is 0.234 e. The number of aryl methyl sites for hydroxylation is 1. The number of thiophene rings is 1. The predicted octanol–water partition coefficient (Wildman–Crippen LogP) is 3.43. The Labute approximate surface area is 140 Å². The molecule has 0 saturated carbocycles. The monoisotopic (exact) mass is 332 g/mol. The lowest BCUT2D eigenvalue weighted by Crippen LogP contribution is -2.41. The molecule has 0 bridgehead atoms. The van der Waals surface area contributed by atoms with E-state index in [9.17, 15) is 9.18 Å². The van der Waals surface area contributed by atoms with Crippen LogP contribution in [0.15, 0.2) is 29.6 Å². The number of rotatable bonds is 4. The van der Waals surface area contributed by atoms with E-state index in [1.54, 1.807) is 17.4 Å². The van der Waals surface area contributed by atoms with Gasteiger partial charge in [0.2, 0.25) is 5.91 Å². The van der Waals surface area contributed by atoms with Gasteiger partial charge >= 0.3 is 0 Å². The summed E-state index contributed by atoms with van der Waals surface area (Å²) in [6.45, 7) is 5.84. The predicted molar refractivity (Wildman–Crippen MR) is 91.0 cm³/mol. The van der Waals surface area contributed by atoms with Gasteiger partial charge in [0.15, 0.2) is 0 Å². The lowest BCUT2D eigenvalue weighted by molar-refractivity contribution is -0.123. The summed E-state index contributed by atoms with van der Waals surface area (Å²) in [7, 11) is 0. The van der Waals surface area contributed by atoms with Crippen molar-refractivity contribution in [2.75, 3.05) is 13.1 Å². The second-order valence-electron chi connectivity index (χ2n) is 6.04. The summed E-state index contributed by atoms with van der Waals surface area (Å²) in [5, 5.41) is 5.02. The summed E-state index contributed by atoms with van der Waals surface area (Å²) in [4.78, 5) is 15.5. The SMILES string of the molecule is Cc1ccsc1CNC(=O)CN1CCc2ccc(F)cc2C1C. The van der Waals surface area contributed by atoms with Crippen LogP contribution in [0, 0.1) is 12.7 Å². The summed E-state index contributed by atoms with van der Waals surface area (Å²) in [5.41, 5.74) is 3.40. The summed E-state index contributed by atoms with van der Waals surface area (Å²) in [5.74, 6) is -0.195. The first-order chi connectivity index (χ1) is 11.0. The van der Waals surface area contributed by atoms with Crippen LogP contribution in [0.2, 0.25) is 0 Å². The van der Waals surface area contributed by atoms with Crippen LogP contribution < -0.4 is 5.32 Å². The zero-order valence-corrected chi connectivity index (χ0v) is 14.3. The first-order valence-corrected chi connectivity index (χ1v) is 8.74. The van der Waals surface area contributed by atoms with Crippen molar-refractivity contribution >= 4 is 17.2 Å². The third-order valence-electron chi connectivity index (χ3n) is 4.54. The maximum Gasteiger partial charge on any atom is 0.234 e. The lowest BCUT2D eigenvalue weighted by Gasteiger charge is -2.34. The Kier molecular flexibility index (Phi) is 4.78. The van der Waals surface area contributed by atoms with Crippen LogP contribution in [0.1, 0.15) is 34.5 Å². The topological polar surface area (TPSA) is 32.3 Å². The average Bonchev–Trinajstić information content (AvgIpc) is 2.94. The highest BCUT2D eigenvalue weighted by Gasteiger charge is 2.25. The first-order valence-electron chi connectivity index (χ1n) is 7.86. The molecule has 1 N–H and O–H groups in total. The Balaban J connectivity index is 1.60. The van der Waals surface area contributed by atoms with Crippen LogP contribution >= 0.6 is 11.3 Å². The molecule has 2 aromatic rings. The molecule has 122 valence electrons. The third kappa shape index (κ3) is 3.62. The molecule has 0 saturated heterocycles. The molecule has 1 unspecified atom stereocenters. The van der Waals surface area contributed by atoms with E-state index in [1.807, 2.05) is 18.4 Å². The minimum atomic E-state index is -0.213. The van der Waals surface area contributed by atoms with E-state index in [4.69, 9.17) is 0 Å². The largest absolute Gasteiger partial charge is 0.350 e. The second kappa shape index (κ2) is 6.81. The van der Waals surface area contributed by atoms with Crippen molar-refractivity contribution in [3.8, 4) is 0 Å². The van der Waals surface area contributed by atoms with Crippen LogP contribution in [0.3, 0.4) is 0 Å². The highest BCUT2D eigenvalue weighted by Crippen LogP contribution is 2.29. The summed E-state index contributed by atoms with van der Waals surface area (Å²) in [6, 6.07) is 7.09. The van der Waals surface area contributed by atoms with Gasteiger partial charge in [-0.1, -0.05) is 6.07 Å². The Morgan fingerprint density at radius 2 is 2.26 bits per heavy atom. The van der Waals surface area contributed by atoms with Crippen molar-refractivity contribution in [3.63, 3.8) is 0 Å². The van der Waals surface area contributed by atoms with Gasteiger partial charge in [-0.05, 0) is 60.5 Å². The van der Waals surface area contributed by atoms with Gasteiger partial charge in [-0.25, -0.2) is 4.39 Å². The number of amides is 1. The van der Waals surface area contributed by atoms with E-state index < -0.39 is 0 Å². The number of nitrogens with zero attached hydrogens (tertiary/aromatic N) is 1. The molecule has 2 heterocycles. The molecule has 23 heavy (non-hydrogen) atoms. The molecule has 1 atom stereocenters. The molecule has 3 rings (SSSR count). The third-order valence-corrected chi connectivity index (χ3v) is 5.56. The highest BCUT2D eigenvalue weighted by molar-refractivity contribution is 7.10. The number of hydrogen-bond donors (Lipinski definition) is 1. The van der Waals surface area contributed by atoms with Crippen LogP contribution in [-0.4, -0.2) is 23.9 Å². The molecule has 1 aliphatic rings. The molecule has 0 spiro atoms. The Morgan fingerprint density at radius 1 is 1.43 bits per heavy atom. The van der Waals surface area contributed by atoms with Gasteiger partial charge in [-0.2, -0.15) is 0 Å². The Bertz CT molecular complexity index is 713. The van der Waals surface area contributed by atoms with Gasteiger partial charge in [0.1, 0.15) is 5.82 Å². The van der Waals surface area contributed by atoms with E-state index in [1.165, 1.54) is 22.1 Å². The van der Waals surface area contributed by atoms with E-state index >= 15 is 0 Å². The molecule has 0 radical (unpaired) electrons. The summed E-state index contributed by atoms with van der Waals surface area (Å²) in [6.07, 6.45) is 0.858. The van der Waals surface area contributed by atoms with Crippen molar-refractivity contribution in [3.05, 3.63) is 57.0 Å². The Hall–Kier alpha value is -1.72. The molecule has 5 heteroatoms. The second-order valence-corrected chi connectivity index (χ2v) is 7.04. The van der Waals surface area contributed by atoms with Crippen LogP contribution in [0.4, 0.5) is 4.39 Å². The van der Waals surface area contributed by atoms with Crippen LogP contribution in [-0.2, 0) is 17.8 Å². The lowest BCUT2D eigenvalue weighted by atomic mass is 9.93. The van der Waals surface area contributed by atoms with Crippen molar-refractivity contribution < 1.29 is 9.18 Å².